The van der Waals surface area contributed by atoms with Crippen LogP contribution in [0.4, 0.5) is 0 Å². The van der Waals surface area contributed by atoms with Crippen molar-refractivity contribution in [2.24, 2.45) is 5.10 Å². The zero-order chi connectivity index (χ0) is 14.8. The van der Waals surface area contributed by atoms with Crippen LogP contribution in [-0.2, 0) is 10.1 Å². The molecule has 106 valence electrons. The minimum Gasteiger partial charge on any atom is -0.469 e. The third-order valence-electron chi connectivity index (χ3n) is 2.32. The Morgan fingerprint density at radius 3 is 2.70 bits per heavy atom. The molecule has 0 atom stereocenters. The fourth-order valence-electron chi connectivity index (χ4n) is 1.38. The number of aryl methyl sites for hydroxylation is 1. The number of nitrogens with zero attached hydrogens (tertiary/aromatic N) is 1. The summed E-state index contributed by atoms with van der Waals surface area (Å²) in [6.45, 7) is 1.63. The molecule has 2 rings (SSSR count). The summed E-state index contributed by atoms with van der Waals surface area (Å²) in [7, 11) is -4.39. The van der Waals surface area contributed by atoms with E-state index in [1.54, 1.807) is 6.92 Å². The van der Waals surface area contributed by atoms with Gasteiger partial charge < -0.3 is 8.83 Å². The average molecular weight is 298 g/mol. The topological polar surface area (TPSA) is 122 Å². The van der Waals surface area contributed by atoms with Crippen molar-refractivity contribution in [3.8, 4) is 0 Å². The quantitative estimate of drug-likeness (QED) is 0.496. The largest absolute Gasteiger partial charge is 0.469 e. The fraction of sp³-hybridized carbons (Fsp3) is 0.0909. The zero-order valence-corrected chi connectivity index (χ0v) is 11.0. The molecule has 0 aliphatic carbocycles. The highest BCUT2D eigenvalue weighted by Gasteiger charge is 2.14. The second-order valence-electron chi connectivity index (χ2n) is 3.72. The van der Waals surface area contributed by atoms with Crippen LogP contribution >= 0.6 is 0 Å². The van der Waals surface area contributed by atoms with Crippen LogP contribution in [0, 0.1) is 6.92 Å². The molecule has 1 amide bonds. The summed E-state index contributed by atoms with van der Waals surface area (Å²) < 4.78 is 40.0. The highest BCUT2D eigenvalue weighted by molar-refractivity contribution is 7.85. The average Bonchev–Trinajstić information content (AvgIpc) is 2.97. The van der Waals surface area contributed by atoms with E-state index in [9.17, 15) is 13.2 Å². The van der Waals surface area contributed by atoms with E-state index < -0.39 is 21.1 Å². The second-order valence-corrected chi connectivity index (χ2v) is 5.07. The molecule has 0 unspecified atom stereocenters. The minimum absolute atomic E-state index is 0.0573. The molecule has 0 spiro atoms. The van der Waals surface area contributed by atoms with Gasteiger partial charge in [-0.1, -0.05) is 0 Å². The lowest BCUT2D eigenvalue weighted by Gasteiger charge is -1.96. The van der Waals surface area contributed by atoms with E-state index in [1.165, 1.54) is 18.4 Å². The van der Waals surface area contributed by atoms with Gasteiger partial charge in [0.2, 0.25) is 5.09 Å². The molecule has 0 bridgehead atoms. The van der Waals surface area contributed by atoms with Crippen molar-refractivity contribution >= 4 is 22.2 Å². The fourth-order valence-corrected chi connectivity index (χ4v) is 1.82. The van der Waals surface area contributed by atoms with Crippen molar-refractivity contribution in [2.45, 2.75) is 12.0 Å². The summed E-state index contributed by atoms with van der Waals surface area (Å²) in [4.78, 5) is 11.6. The van der Waals surface area contributed by atoms with Crippen molar-refractivity contribution in [3.05, 3.63) is 41.5 Å². The monoisotopic (exact) mass is 298 g/mol. The van der Waals surface area contributed by atoms with Gasteiger partial charge in [0, 0.05) is 0 Å². The first-order valence-electron chi connectivity index (χ1n) is 5.33. The molecular formula is C11H10N2O6S. The van der Waals surface area contributed by atoms with Gasteiger partial charge in [0.25, 0.3) is 5.91 Å². The van der Waals surface area contributed by atoms with Gasteiger partial charge in [0.05, 0.1) is 18.0 Å². The molecule has 2 aromatic heterocycles. The van der Waals surface area contributed by atoms with Crippen LogP contribution in [0.1, 0.15) is 21.9 Å². The van der Waals surface area contributed by atoms with Gasteiger partial charge in [-0.05, 0) is 25.1 Å². The van der Waals surface area contributed by atoms with Crippen molar-refractivity contribution in [1.82, 2.24) is 5.43 Å². The second kappa shape index (κ2) is 5.31. The normalized spacial score (nSPS) is 11.9. The lowest BCUT2D eigenvalue weighted by molar-refractivity contribution is 0.0953. The first-order valence-corrected chi connectivity index (χ1v) is 6.77. The predicted octanol–water partition coefficient (Wildman–Crippen LogP) is 1.19. The summed E-state index contributed by atoms with van der Waals surface area (Å²) in [5, 5.41) is 3.00. The van der Waals surface area contributed by atoms with E-state index in [0.29, 0.717) is 11.3 Å². The Bertz CT molecular complexity index is 755. The first-order chi connectivity index (χ1) is 9.38. The van der Waals surface area contributed by atoms with Crippen LogP contribution in [0.5, 0.6) is 0 Å². The van der Waals surface area contributed by atoms with Gasteiger partial charge in [0.15, 0.2) is 0 Å². The van der Waals surface area contributed by atoms with Crippen molar-refractivity contribution < 1.29 is 26.6 Å². The highest BCUT2D eigenvalue weighted by Crippen LogP contribution is 2.12. The molecule has 0 saturated carbocycles. The van der Waals surface area contributed by atoms with Crippen LogP contribution in [-0.4, -0.2) is 25.1 Å². The number of hydrogen-bond acceptors (Lipinski definition) is 6. The molecule has 2 heterocycles. The molecule has 20 heavy (non-hydrogen) atoms. The van der Waals surface area contributed by atoms with Crippen LogP contribution in [0.25, 0.3) is 0 Å². The Morgan fingerprint density at radius 1 is 1.40 bits per heavy atom. The Morgan fingerprint density at radius 2 is 2.15 bits per heavy atom. The number of rotatable bonds is 4. The Kier molecular flexibility index (Phi) is 3.72. The van der Waals surface area contributed by atoms with E-state index in [-0.39, 0.29) is 5.76 Å². The van der Waals surface area contributed by atoms with Crippen LogP contribution in [0.15, 0.2) is 43.5 Å². The summed E-state index contributed by atoms with van der Waals surface area (Å²) in [6, 6.07) is 3.84. The standard InChI is InChI=1S/C11H10N2O6S/c1-7-9(4-5-18-7)11(14)13-12-6-8-2-3-10(19-8)20(15,16)17/h2-6H,1H3,(H,13,14)(H,15,16,17)/b12-6-. The maximum atomic E-state index is 11.6. The number of carbonyl (C=O) groups is 1. The molecule has 8 nitrogen and oxygen atoms in total. The molecule has 2 aromatic rings. The van der Waals surface area contributed by atoms with E-state index >= 15 is 0 Å². The summed E-state index contributed by atoms with van der Waals surface area (Å²) >= 11 is 0. The van der Waals surface area contributed by atoms with Gasteiger partial charge in [-0.15, -0.1) is 0 Å². The molecule has 0 aliphatic rings. The molecular weight excluding hydrogens is 288 g/mol. The van der Waals surface area contributed by atoms with E-state index in [1.807, 2.05) is 0 Å². The number of furan rings is 2. The molecule has 0 saturated heterocycles. The van der Waals surface area contributed by atoms with E-state index in [0.717, 1.165) is 12.3 Å². The maximum Gasteiger partial charge on any atom is 0.328 e. The first kappa shape index (κ1) is 14.0. The lowest BCUT2D eigenvalue weighted by atomic mass is 10.2. The highest BCUT2D eigenvalue weighted by atomic mass is 32.2. The Hall–Kier alpha value is -2.39. The number of hydrazone groups is 1. The van der Waals surface area contributed by atoms with Crippen LogP contribution in [0.2, 0.25) is 0 Å². The van der Waals surface area contributed by atoms with Crippen LogP contribution < -0.4 is 5.43 Å². The van der Waals surface area contributed by atoms with E-state index in [4.69, 9.17) is 13.4 Å². The summed E-state index contributed by atoms with van der Waals surface area (Å²) in [6.07, 6.45) is 2.47. The van der Waals surface area contributed by atoms with Crippen molar-refractivity contribution in [2.75, 3.05) is 0 Å². The number of carbonyl (C=O) groups excluding carboxylic acids is 1. The van der Waals surface area contributed by atoms with E-state index in [2.05, 4.69) is 10.5 Å². The van der Waals surface area contributed by atoms with Gasteiger partial charge in [-0.3, -0.25) is 9.35 Å². The van der Waals surface area contributed by atoms with Gasteiger partial charge >= 0.3 is 10.1 Å². The molecule has 0 aromatic carbocycles. The van der Waals surface area contributed by atoms with Gasteiger partial charge in [-0.25, -0.2) is 5.43 Å². The summed E-state index contributed by atoms with van der Waals surface area (Å²) in [5.41, 5.74) is 2.55. The third kappa shape index (κ3) is 3.13. The molecule has 2 N–H and O–H groups in total. The van der Waals surface area contributed by atoms with Crippen molar-refractivity contribution in [3.63, 3.8) is 0 Å². The SMILES string of the molecule is Cc1occc1C(=O)N/N=C\c1ccc(S(=O)(=O)O)o1. The third-order valence-corrected chi connectivity index (χ3v) is 3.05. The lowest BCUT2D eigenvalue weighted by Crippen LogP contribution is -2.17. The molecule has 0 fully saturated rings. The van der Waals surface area contributed by atoms with Crippen molar-refractivity contribution in [1.29, 1.82) is 0 Å². The predicted molar refractivity (Wildman–Crippen MR) is 67.0 cm³/mol. The molecule has 0 radical (unpaired) electrons. The Balaban J connectivity index is 2.02. The minimum atomic E-state index is -4.39. The van der Waals surface area contributed by atoms with Crippen LogP contribution in [0.3, 0.4) is 0 Å². The maximum absolute atomic E-state index is 11.6. The number of hydrogen-bond donors (Lipinski definition) is 2. The van der Waals surface area contributed by atoms with Gasteiger partial charge in [0.1, 0.15) is 11.5 Å². The Labute approximate surface area is 113 Å². The molecule has 9 heteroatoms. The van der Waals surface area contributed by atoms with Gasteiger partial charge in [-0.2, -0.15) is 13.5 Å². The zero-order valence-electron chi connectivity index (χ0n) is 10.2. The number of nitrogens with one attached hydrogen (secondary N) is 1. The molecule has 0 aliphatic heterocycles. The smallest absolute Gasteiger partial charge is 0.328 e. The number of amides is 1. The summed E-state index contributed by atoms with van der Waals surface area (Å²) in [5.74, 6) is 0.0280.